The van der Waals surface area contributed by atoms with E-state index in [-0.39, 0.29) is 12.5 Å². The predicted octanol–water partition coefficient (Wildman–Crippen LogP) is 5.10. The van der Waals surface area contributed by atoms with Crippen LogP contribution in [0.2, 0.25) is 0 Å². The average molecular weight is 484 g/mol. The molecule has 2 heterocycles. The molecule has 7 nitrogen and oxygen atoms in total. The molecule has 1 atom stereocenters. The van der Waals surface area contributed by atoms with Crippen molar-refractivity contribution in [3.05, 3.63) is 64.9 Å². The number of halogens is 1. The van der Waals surface area contributed by atoms with E-state index in [0.29, 0.717) is 29.2 Å². The van der Waals surface area contributed by atoms with E-state index in [1.54, 1.807) is 32.4 Å². The van der Waals surface area contributed by atoms with Crippen molar-refractivity contribution in [1.82, 2.24) is 15.2 Å². The molecular weight excluding hydrogens is 457 g/mol. The van der Waals surface area contributed by atoms with Gasteiger partial charge in [-0.3, -0.25) is 9.69 Å². The molecule has 1 aliphatic rings. The van der Waals surface area contributed by atoms with Gasteiger partial charge in [0.05, 0.1) is 26.5 Å². The number of imide groups is 1. The van der Waals surface area contributed by atoms with Crippen molar-refractivity contribution in [3.63, 3.8) is 0 Å². The highest BCUT2D eigenvalue weighted by atomic mass is 32.1. The van der Waals surface area contributed by atoms with Crippen LogP contribution >= 0.6 is 11.3 Å². The number of hydrogen-bond donors (Lipinski definition) is 1. The number of amides is 3. The molecule has 0 aliphatic carbocycles. The summed E-state index contributed by atoms with van der Waals surface area (Å²) in [7, 11) is 3.14. The number of carbonyl (C=O) groups excluding carboxylic acids is 2. The van der Waals surface area contributed by atoms with Gasteiger partial charge in [0.15, 0.2) is 11.5 Å². The number of hydrogen-bond acceptors (Lipinski definition) is 6. The zero-order chi connectivity index (χ0) is 24.3. The summed E-state index contributed by atoms with van der Waals surface area (Å²) in [5, 5.41) is 5.45. The Kier molecular flexibility index (Phi) is 6.83. The number of methoxy groups -OCH3 is 2. The first-order valence-corrected chi connectivity index (χ1v) is 11.9. The van der Waals surface area contributed by atoms with E-state index in [4.69, 9.17) is 9.47 Å². The third-order valence-corrected chi connectivity index (χ3v) is 6.86. The van der Waals surface area contributed by atoms with Crippen molar-refractivity contribution in [2.75, 3.05) is 14.2 Å². The molecule has 3 amide bonds. The Bertz CT molecular complexity index is 1200. The number of thiazole rings is 1. The van der Waals surface area contributed by atoms with Gasteiger partial charge in [0.25, 0.3) is 5.91 Å². The topological polar surface area (TPSA) is 80.8 Å². The van der Waals surface area contributed by atoms with Crippen molar-refractivity contribution >= 4 is 23.3 Å². The van der Waals surface area contributed by atoms with Crippen LogP contribution < -0.4 is 14.8 Å². The smallest absolute Gasteiger partial charge is 0.325 e. The van der Waals surface area contributed by atoms with Crippen molar-refractivity contribution in [2.45, 2.75) is 38.3 Å². The molecule has 0 saturated carbocycles. The van der Waals surface area contributed by atoms with Crippen LogP contribution in [0.3, 0.4) is 0 Å². The molecule has 1 N–H and O–H groups in total. The number of rotatable bonds is 9. The first-order chi connectivity index (χ1) is 16.4. The van der Waals surface area contributed by atoms with Crippen molar-refractivity contribution in [2.24, 2.45) is 0 Å². The Labute approximate surface area is 201 Å². The summed E-state index contributed by atoms with van der Waals surface area (Å²) in [6.45, 7) is 2.06. The van der Waals surface area contributed by atoms with E-state index in [2.05, 4.69) is 10.3 Å². The minimum atomic E-state index is -1.21. The first kappa shape index (κ1) is 23.7. The highest BCUT2D eigenvalue weighted by molar-refractivity contribution is 7.13. The number of benzene rings is 2. The Morgan fingerprint density at radius 2 is 1.82 bits per heavy atom. The lowest BCUT2D eigenvalue weighted by Gasteiger charge is -2.27. The zero-order valence-electron chi connectivity index (χ0n) is 19.3. The summed E-state index contributed by atoms with van der Waals surface area (Å²) < 4.78 is 24.2. The molecule has 34 heavy (non-hydrogen) atoms. The van der Waals surface area contributed by atoms with Gasteiger partial charge in [0, 0.05) is 10.9 Å². The monoisotopic (exact) mass is 483 g/mol. The number of aromatic nitrogens is 1. The van der Waals surface area contributed by atoms with Gasteiger partial charge in [-0.2, -0.15) is 0 Å². The maximum absolute atomic E-state index is 13.6. The third kappa shape index (κ3) is 4.35. The number of nitrogens with one attached hydrogen (secondary N) is 1. The summed E-state index contributed by atoms with van der Waals surface area (Å²) in [5.74, 6) is 0.462. The Morgan fingerprint density at radius 3 is 2.50 bits per heavy atom. The number of nitrogens with zero attached hydrogens (tertiary/aromatic N) is 2. The van der Waals surface area contributed by atoms with Crippen molar-refractivity contribution in [1.29, 1.82) is 0 Å². The van der Waals surface area contributed by atoms with Gasteiger partial charge in [0.1, 0.15) is 16.4 Å². The Hall–Kier alpha value is -3.46. The van der Waals surface area contributed by atoms with Crippen LogP contribution in [0, 0.1) is 5.82 Å². The summed E-state index contributed by atoms with van der Waals surface area (Å²) in [6.07, 6.45) is 2.02. The second-order valence-electron chi connectivity index (χ2n) is 8.05. The van der Waals surface area contributed by atoms with Crippen LogP contribution in [0.5, 0.6) is 11.5 Å². The minimum absolute atomic E-state index is 0.0452. The second-order valence-corrected chi connectivity index (χ2v) is 8.91. The van der Waals surface area contributed by atoms with Gasteiger partial charge < -0.3 is 14.8 Å². The largest absolute Gasteiger partial charge is 0.493 e. The minimum Gasteiger partial charge on any atom is -0.493 e. The molecular formula is C25H26FN3O4S. The number of unbranched alkanes of at least 4 members (excludes halogenated alkanes) is 1. The van der Waals surface area contributed by atoms with Crippen LogP contribution in [-0.4, -0.2) is 36.0 Å². The van der Waals surface area contributed by atoms with Crippen LogP contribution in [0.4, 0.5) is 9.18 Å². The summed E-state index contributed by atoms with van der Waals surface area (Å²) in [5.41, 5.74) is 0.814. The SMILES string of the molecule is CCCCC1(c2ccc(F)cc2)NC(=O)N(Cc2csc(-c3ccc(OC)c(OC)c3)n2)C1=O. The lowest BCUT2D eigenvalue weighted by Crippen LogP contribution is -2.44. The normalized spacial score (nSPS) is 17.7. The van der Waals surface area contributed by atoms with Crippen LogP contribution in [0.25, 0.3) is 10.6 Å². The fraction of sp³-hybridized carbons (Fsp3) is 0.320. The fourth-order valence-corrected chi connectivity index (χ4v) is 4.91. The summed E-state index contributed by atoms with van der Waals surface area (Å²) in [6, 6.07) is 10.8. The summed E-state index contributed by atoms with van der Waals surface area (Å²) >= 11 is 1.41. The zero-order valence-corrected chi connectivity index (χ0v) is 20.1. The molecule has 178 valence electrons. The standard InChI is InChI=1S/C25H26FN3O4S/c1-4-5-12-25(17-7-9-18(26)10-8-17)23(30)29(24(31)28-25)14-19-15-34-22(27-19)16-6-11-20(32-2)21(13-16)33-3/h6-11,13,15H,4-5,12,14H2,1-3H3,(H,28,31). The van der Waals surface area contributed by atoms with Crippen molar-refractivity contribution in [3.8, 4) is 22.1 Å². The molecule has 9 heteroatoms. The number of ether oxygens (including phenoxy) is 2. The summed E-state index contributed by atoms with van der Waals surface area (Å²) in [4.78, 5) is 32.3. The Balaban J connectivity index is 1.59. The lowest BCUT2D eigenvalue weighted by molar-refractivity contribution is -0.132. The lowest BCUT2D eigenvalue weighted by atomic mass is 9.85. The van der Waals surface area contributed by atoms with Crippen LogP contribution in [0.1, 0.15) is 37.4 Å². The number of urea groups is 1. The first-order valence-electron chi connectivity index (χ1n) is 11.0. The quantitative estimate of drug-likeness (QED) is 0.428. The number of carbonyl (C=O) groups is 2. The molecule has 0 spiro atoms. The van der Waals surface area contributed by atoms with E-state index in [1.807, 2.05) is 24.4 Å². The van der Waals surface area contributed by atoms with E-state index in [9.17, 15) is 14.0 Å². The highest BCUT2D eigenvalue weighted by Crippen LogP contribution is 2.36. The molecule has 4 rings (SSSR count). The maximum atomic E-state index is 13.6. The van der Waals surface area contributed by atoms with E-state index in [1.165, 1.54) is 28.4 Å². The Morgan fingerprint density at radius 1 is 1.09 bits per heavy atom. The predicted molar refractivity (Wildman–Crippen MR) is 127 cm³/mol. The molecule has 1 saturated heterocycles. The van der Waals surface area contributed by atoms with E-state index < -0.39 is 17.4 Å². The molecule has 1 aromatic heterocycles. The highest BCUT2D eigenvalue weighted by Gasteiger charge is 2.51. The van der Waals surface area contributed by atoms with Gasteiger partial charge in [-0.05, 0) is 42.3 Å². The molecule has 1 aliphatic heterocycles. The van der Waals surface area contributed by atoms with Gasteiger partial charge in [-0.25, -0.2) is 14.2 Å². The third-order valence-electron chi connectivity index (χ3n) is 5.92. The maximum Gasteiger partial charge on any atom is 0.325 e. The van der Waals surface area contributed by atoms with Gasteiger partial charge in [0.2, 0.25) is 0 Å². The van der Waals surface area contributed by atoms with Gasteiger partial charge in [-0.15, -0.1) is 11.3 Å². The van der Waals surface area contributed by atoms with E-state index in [0.717, 1.165) is 23.4 Å². The molecule has 0 radical (unpaired) electrons. The van der Waals surface area contributed by atoms with Crippen molar-refractivity contribution < 1.29 is 23.5 Å². The molecule has 1 unspecified atom stereocenters. The van der Waals surface area contributed by atoms with Crippen LogP contribution in [-0.2, 0) is 16.9 Å². The van der Waals surface area contributed by atoms with Gasteiger partial charge in [-0.1, -0.05) is 31.9 Å². The van der Waals surface area contributed by atoms with Crippen LogP contribution in [0.15, 0.2) is 47.8 Å². The fourth-order valence-electron chi connectivity index (χ4n) is 4.10. The molecule has 1 fully saturated rings. The molecule has 3 aromatic rings. The second kappa shape index (κ2) is 9.80. The molecule has 0 bridgehead atoms. The molecule has 2 aromatic carbocycles. The average Bonchev–Trinajstić information content (AvgIpc) is 3.42. The van der Waals surface area contributed by atoms with Gasteiger partial charge >= 0.3 is 6.03 Å². The van der Waals surface area contributed by atoms with E-state index >= 15 is 0 Å².